The summed E-state index contributed by atoms with van der Waals surface area (Å²) in [5, 5.41) is 3.65. The van der Waals surface area contributed by atoms with Crippen LogP contribution in [0.3, 0.4) is 0 Å². The summed E-state index contributed by atoms with van der Waals surface area (Å²) in [5.41, 5.74) is 3.53. The predicted molar refractivity (Wildman–Crippen MR) is 72.3 cm³/mol. The number of benzene rings is 1. The van der Waals surface area contributed by atoms with Crippen molar-refractivity contribution in [2.75, 3.05) is 0 Å². The van der Waals surface area contributed by atoms with E-state index in [2.05, 4.69) is 42.9 Å². The summed E-state index contributed by atoms with van der Waals surface area (Å²) in [6, 6.07) is 8.18. The Balaban J connectivity index is 2.29. The fraction of sp³-hybridized carbons (Fsp3) is 0.333. The van der Waals surface area contributed by atoms with Gasteiger partial charge < -0.3 is 4.84 Å². The molecule has 1 aliphatic heterocycles. The molecule has 0 aromatic heterocycles. The molecule has 2 rings (SSSR count). The van der Waals surface area contributed by atoms with Gasteiger partial charge >= 0.3 is 5.97 Å². The summed E-state index contributed by atoms with van der Waals surface area (Å²) in [6.07, 6.45) is 1.81. The first-order valence-electron chi connectivity index (χ1n) is 5.96. The highest BCUT2D eigenvalue weighted by molar-refractivity contribution is 6.24. The number of hydrogen-bond donors (Lipinski definition) is 0. The molecule has 0 bridgehead atoms. The van der Waals surface area contributed by atoms with E-state index in [4.69, 9.17) is 0 Å². The molecule has 1 aromatic rings. The molecule has 18 heavy (non-hydrogen) atoms. The number of rotatable bonds is 1. The highest BCUT2D eigenvalue weighted by Crippen LogP contribution is 2.23. The maximum atomic E-state index is 11.4. The van der Waals surface area contributed by atoms with Gasteiger partial charge in [-0.3, -0.25) is 0 Å². The molecule has 0 saturated carbocycles. The molecule has 94 valence electrons. The Kier molecular flexibility index (Phi) is 3.07. The smallest absolute Gasteiger partial charge is 0.312 e. The lowest BCUT2D eigenvalue weighted by atomic mass is 9.86. The molecular weight excluding hydrogens is 226 g/mol. The third kappa shape index (κ3) is 2.50. The molecule has 1 heterocycles. The number of hydrogen-bond acceptors (Lipinski definition) is 3. The Morgan fingerprint density at radius 1 is 1.17 bits per heavy atom. The van der Waals surface area contributed by atoms with Crippen molar-refractivity contribution in [3.63, 3.8) is 0 Å². The molecule has 0 atom stereocenters. The molecule has 1 aromatic carbocycles. The minimum absolute atomic E-state index is 0.134. The third-order valence-corrected chi connectivity index (χ3v) is 2.96. The molecule has 0 amide bonds. The van der Waals surface area contributed by atoms with Crippen LogP contribution in [0, 0.1) is 0 Å². The van der Waals surface area contributed by atoms with Crippen LogP contribution < -0.4 is 0 Å². The van der Waals surface area contributed by atoms with Gasteiger partial charge in [-0.05, 0) is 29.5 Å². The van der Waals surface area contributed by atoms with Gasteiger partial charge in [0.25, 0.3) is 0 Å². The molecule has 0 N–H and O–H groups in total. The van der Waals surface area contributed by atoms with E-state index in [-0.39, 0.29) is 11.4 Å². The maximum Gasteiger partial charge on any atom is 0.367 e. The van der Waals surface area contributed by atoms with Crippen molar-refractivity contribution in [3.8, 4) is 0 Å². The summed E-state index contributed by atoms with van der Waals surface area (Å²) in [6.45, 7) is 8.28. The van der Waals surface area contributed by atoms with Crippen molar-refractivity contribution in [2.24, 2.45) is 5.16 Å². The maximum absolute atomic E-state index is 11.4. The van der Waals surface area contributed by atoms with Crippen molar-refractivity contribution >= 4 is 17.8 Å². The van der Waals surface area contributed by atoms with Crippen molar-refractivity contribution in [2.45, 2.75) is 33.1 Å². The fourth-order valence-corrected chi connectivity index (χ4v) is 1.77. The first-order chi connectivity index (χ1) is 8.38. The zero-order valence-corrected chi connectivity index (χ0v) is 11.2. The van der Waals surface area contributed by atoms with Crippen LogP contribution in [-0.2, 0) is 15.0 Å². The minimum atomic E-state index is -0.382. The quantitative estimate of drug-likeness (QED) is 0.560. The van der Waals surface area contributed by atoms with Crippen molar-refractivity contribution in [1.82, 2.24) is 0 Å². The van der Waals surface area contributed by atoms with E-state index in [0.717, 1.165) is 5.56 Å². The average molecular weight is 243 g/mol. The first kappa shape index (κ1) is 12.6. The average Bonchev–Trinajstić information content (AvgIpc) is 2.60. The van der Waals surface area contributed by atoms with Gasteiger partial charge in [0.15, 0.2) is 0 Å². The lowest BCUT2D eigenvalue weighted by Crippen LogP contribution is -2.10. The normalized spacial score (nSPS) is 17.9. The van der Waals surface area contributed by atoms with Gasteiger partial charge in [-0.1, -0.05) is 50.2 Å². The minimum Gasteiger partial charge on any atom is -0.312 e. The van der Waals surface area contributed by atoms with Gasteiger partial charge in [0.05, 0.1) is 11.3 Å². The summed E-state index contributed by atoms with van der Waals surface area (Å²) >= 11 is 0. The second kappa shape index (κ2) is 4.41. The Morgan fingerprint density at radius 2 is 1.78 bits per heavy atom. The Hall–Kier alpha value is -1.90. The van der Waals surface area contributed by atoms with E-state index in [1.165, 1.54) is 5.56 Å². The molecule has 1 aliphatic rings. The van der Waals surface area contributed by atoms with Gasteiger partial charge in [0, 0.05) is 0 Å². The van der Waals surface area contributed by atoms with E-state index in [1.54, 1.807) is 13.0 Å². The van der Waals surface area contributed by atoms with Gasteiger partial charge in [-0.15, -0.1) is 0 Å². The van der Waals surface area contributed by atoms with Crippen LogP contribution in [0.2, 0.25) is 0 Å². The van der Waals surface area contributed by atoms with E-state index in [1.807, 2.05) is 12.1 Å². The zero-order valence-electron chi connectivity index (χ0n) is 11.2. The molecular formula is C15H17NO2. The standard InChI is InChI=1S/C15H17NO2/c1-10-13(14(17)18-16-10)9-11-5-7-12(8-6-11)15(2,3)4/h5-9H,1-4H3/b13-9-. The lowest BCUT2D eigenvalue weighted by Gasteiger charge is -2.18. The number of nitrogens with zero attached hydrogens (tertiary/aromatic N) is 1. The van der Waals surface area contributed by atoms with E-state index < -0.39 is 0 Å². The van der Waals surface area contributed by atoms with E-state index >= 15 is 0 Å². The molecule has 3 heteroatoms. The second-order valence-corrected chi connectivity index (χ2v) is 5.49. The van der Waals surface area contributed by atoms with Crippen LogP contribution in [0.4, 0.5) is 0 Å². The van der Waals surface area contributed by atoms with Crippen LogP contribution in [0.15, 0.2) is 35.0 Å². The summed E-state index contributed by atoms with van der Waals surface area (Å²) in [5.74, 6) is -0.382. The topological polar surface area (TPSA) is 38.7 Å². The van der Waals surface area contributed by atoms with Crippen molar-refractivity contribution < 1.29 is 9.63 Å². The largest absolute Gasteiger partial charge is 0.367 e. The van der Waals surface area contributed by atoms with Crippen LogP contribution in [0.5, 0.6) is 0 Å². The summed E-state index contributed by atoms with van der Waals surface area (Å²) < 4.78 is 0. The number of carbonyl (C=O) groups is 1. The highest BCUT2D eigenvalue weighted by atomic mass is 16.7. The van der Waals surface area contributed by atoms with E-state index in [9.17, 15) is 4.79 Å². The molecule has 0 saturated heterocycles. The van der Waals surface area contributed by atoms with Crippen LogP contribution in [0.25, 0.3) is 6.08 Å². The molecule has 0 unspecified atom stereocenters. The van der Waals surface area contributed by atoms with Gasteiger partial charge in [-0.2, -0.15) is 0 Å². The summed E-state index contributed by atoms with van der Waals surface area (Å²) in [4.78, 5) is 16.0. The van der Waals surface area contributed by atoms with Gasteiger partial charge in [-0.25, -0.2) is 4.79 Å². The number of oxime groups is 1. The second-order valence-electron chi connectivity index (χ2n) is 5.49. The summed E-state index contributed by atoms with van der Waals surface area (Å²) in [7, 11) is 0. The first-order valence-corrected chi connectivity index (χ1v) is 5.96. The SMILES string of the molecule is CC1=NOC(=O)/C1=C\c1ccc(C(C)(C)C)cc1. The van der Waals surface area contributed by atoms with Crippen LogP contribution >= 0.6 is 0 Å². The van der Waals surface area contributed by atoms with Gasteiger partial charge in [0.2, 0.25) is 0 Å². The fourth-order valence-electron chi connectivity index (χ4n) is 1.77. The van der Waals surface area contributed by atoms with Crippen molar-refractivity contribution in [3.05, 3.63) is 41.0 Å². The Labute approximate surface area is 107 Å². The van der Waals surface area contributed by atoms with Crippen molar-refractivity contribution in [1.29, 1.82) is 0 Å². The van der Waals surface area contributed by atoms with Gasteiger partial charge in [0.1, 0.15) is 0 Å². The van der Waals surface area contributed by atoms with E-state index in [0.29, 0.717) is 11.3 Å². The Bertz CT molecular complexity index is 531. The third-order valence-electron chi connectivity index (χ3n) is 2.96. The zero-order chi connectivity index (χ0) is 13.3. The highest BCUT2D eigenvalue weighted by Gasteiger charge is 2.21. The predicted octanol–water partition coefficient (Wildman–Crippen LogP) is 3.30. The monoisotopic (exact) mass is 243 g/mol. The molecule has 0 aliphatic carbocycles. The van der Waals surface area contributed by atoms with Crippen LogP contribution in [0.1, 0.15) is 38.8 Å². The van der Waals surface area contributed by atoms with Crippen LogP contribution in [-0.4, -0.2) is 11.7 Å². The molecule has 0 fully saturated rings. The lowest BCUT2D eigenvalue weighted by molar-refractivity contribution is -0.136. The molecule has 0 radical (unpaired) electrons. The molecule has 3 nitrogen and oxygen atoms in total. The Morgan fingerprint density at radius 3 is 2.22 bits per heavy atom. The number of carbonyl (C=O) groups excluding carboxylic acids is 1. The molecule has 0 spiro atoms.